The third-order valence-electron chi connectivity index (χ3n) is 2.73. The molecule has 0 heterocycles. The van der Waals surface area contributed by atoms with Crippen molar-refractivity contribution in [3.8, 4) is 11.5 Å². The number of hydrogen-bond acceptors (Lipinski definition) is 3. The molecule has 0 unspecified atom stereocenters. The zero-order chi connectivity index (χ0) is 15.4. The van der Waals surface area contributed by atoms with E-state index in [1.54, 1.807) is 12.1 Å². The van der Waals surface area contributed by atoms with Gasteiger partial charge in [0.15, 0.2) is 11.5 Å². The first-order valence-corrected chi connectivity index (χ1v) is 7.92. The van der Waals surface area contributed by atoms with Crippen molar-refractivity contribution in [3.63, 3.8) is 0 Å². The van der Waals surface area contributed by atoms with E-state index < -0.39 is 5.24 Å². The Bertz CT molecular complexity index is 674. The predicted molar refractivity (Wildman–Crippen MR) is 89.4 cm³/mol. The Labute approximate surface area is 144 Å². The summed E-state index contributed by atoms with van der Waals surface area (Å²) in [5, 5.41) is -0.549. The van der Waals surface area contributed by atoms with Crippen molar-refractivity contribution in [2.75, 3.05) is 7.11 Å². The molecule has 2 aromatic rings. The molecule has 0 bridgehead atoms. The highest BCUT2D eigenvalue weighted by Gasteiger charge is 2.14. The minimum absolute atomic E-state index is 0.343. The Morgan fingerprint density at radius 3 is 2.62 bits per heavy atom. The van der Waals surface area contributed by atoms with Crippen LogP contribution in [-0.2, 0) is 6.61 Å². The van der Waals surface area contributed by atoms with Crippen LogP contribution < -0.4 is 9.47 Å². The summed E-state index contributed by atoms with van der Waals surface area (Å²) in [5.74, 6) is 0.975. The first kappa shape index (κ1) is 16.3. The summed E-state index contributed by atoms with van der Waals surface area (Å²) < 4.78 is 12.6. The van der Waals surface area contributed by atoms with E-state index in [2.05, 4.69) is 31.9 Å². The first-order valence-electron chi connectivity index (χ1n) is 5.96. The van der Waals surface area contributed by atoms with Crippen molar-refractivity contribution < 1.29 is 14.3 Å². The summed E-state index contributed by atoms with van der Waals surface area (Å²) in [6.45, 7) is 0.378. The Balaban J connectivity index is 2.25. The minimum Gasteiger partial charge on any atom is -0.493 e. The fourth-order valence-electron chi connectivity index (χ4n) is 1.76. The number of carbonyl (C=O) groups excluding carboxylic acids is 1. The molecule has 110 valence electrons. The lowest BCUT2D eigenvalue weighted by atomic mass is 10.2. The molecule has 0 N–H and O–H groups in total. The molecule has 0 aromatic heterocycles. The van der Waals surface area contributed by atoms with Crippen molar-refractivity contribution in [2.45, 2.75) is 6.61 Å². The summed E-state index contributed by atoms with van der Waals surface area (Å²) in [5.41, 5.74) is 1.35. The van der Waals surface area contributed by atoms with E-state index in [1.165, 1.54) is 7.11 Å². The molecule has 21 heavy (non-hydrogen) atoms. The molecular formula is C15H11Br2ClO3. The van der Waals surface area contributed by atoms with Crippen LogP contribution in [0.2, 0.25) is 0 Å². The van der Waals surface area contributed by atoms with Crippen LogP contribution in [0.5, 0.6) is 11.5 Å². The molecular weight excluding hydrogens is 423 g/mol. The molecule has 0 radical (unpaired) electrons. The molecule has 0 spiro atoms. The van der Waals surface area contributed by atoms with Crippen molar-refractivity contribution in [1.82, 2.24) is 0 Å². The van der Waals surface area contributed by atoms with Crippen LogP contribution in [0.3, 0.4) is 0 Å². The van der Waals surface area contributed by atoms with Gasteiger partial charge in [-0.15, -0.1) is 0 Å². The number of rotatable bonds is 5. The van der Waals surface area contributed by atoms with E-state index in [4.69, 9.17) is 21.1 Å². The Morgan fingerprint density at radius 2 is 2.00 bits per heavy atom. The molecule has 0 saturated carbocycles. The van der Waals surface area contributed by atoms with Gasteiger partial charge in [0.25, 0.3) is 5.24 Å². The van der Waals surface area contributed by atoms with E-state index in [9.17, 15) is 4.79 Å². The average Bonchev–Trinajstić information content (AvgIpc) is 2.45. The number of hydrogen-bond donors (Lipinski definition) is 0. The summed E-state index contributed by atoms with van der Waals surface area (Å²) in [6.07, 6.45) is 0. The van der Waals surface area contributed by atoms with Crippen molar-refractivity contribution in [3.05, 3.63) is 56.5 Å². The molecule has 0 fully saturated rings. The van der Waals surface area contributed by atoms with Crippen LogP contribution in [0, 0.1) is 0 Å². The Hall–Kier alpha value is -1.04. The second-order valence-corrected chi connectivity index (χ2v) is 6.30. The molecule has 0 aliphatic carbocycles. The normalized spacial score (nSPS) is 10.3. The molecule has 0 aliphatic heterocycles. The lowest BCUT2D eigenvalue weighted by Gasteiger charge is -2.13. The molecule has 3 nitrogen and oxygen atoms in total. The van der Waals surface area contributed by atoms with E-state index in [-0.39, 0.29) is 0 Å². The van der Waals surface area contributed by atoms with Gasteiger partial charge in [0.2, 0.25) is 0 Å². The van der Waals surface area contributed by atoms with Gasteiger partial charge >= 0.3 is 0 Å². The second kappa shape index (κ2) is 7.29. The van der Waals surface area contributed by atoms with Gasteiger partial charge in [-0.2, -0.15) is 0 Å². The summed E-state index contributed by atoms with van der Waals surface area (Å²) in [6, 6.07) is 11.0. The third-order valence-corrected chi connectivity index (χ3v) is 4.03. The van der Waals surface area contributed by atoms with Crippen LogP contribution >= 0.6 is 43.5 Å². The van der Waals surface area contributed by atoms with Gasteiger partial charge in [0.05, 0.1) is 11.6 Å². The van der Waals surface area contributed by atoms with Gasteiger partial charge in [-0.3, -0.25) is 4.79 Å². The van der Waals surface area contributed by atoms with Crippen molar-refractivity contribution >= 4 is 48.7 Å². The maximum atomic E-state index is 11.2. The number of methoxy groups -OCH3 is 1. The number of benzene rings is 2. The lowest BCUT2D eigenvalue weighted by Crippen LogP contribution is -2.00. The monoisotopic (exact) mass is 432 g/mol. The Kier molecular flexibility index (Phi) is 5.67. The molecule has 2 rings (SSSR count). The highest BCUT2D eigenvalue weighted by Crippen LogP contribution is 2.37. The third kappa shape index (κ3) is 4.22. The highest BCUT2D eigenvalue weighted by molar-refractivity contribution is 9.10. The quantitative estimate of drug-likeness (QED) is 0.609. The molecule has 0 atom stereocenters. The minimum atomic E-state index is -0.549. The number of halogens is 3. The molecule has 0 aliphatic rings. The van der Waals surface area contributed by atoms with E-state index in [0.717, 1.165) is 10.0 Å². The molecule has 0 amide bonds. The van der Waals surface area contributed by atoms with Gasteiger partial charge in [-0.1, -0.05) is 28.1 Å². The van der Waals surface area contributed by atoms with Gasteiger partial charge < -0.3 is 9.47 Å². The van der Waals surface area contributed by atoms with Crippen LogP contribution in [0.25, 0.3) is 0 Å². The zero-order valence-corrected chi connectivity index (χ0v) is 15.0. The van der Waals surface area contributed by atoms with Gasteiger partial charge in [-0.05, 0) is 57.4 Å². The van der Waals surface area contributed by atoms with E-state index >= 15 is 0 Å². The number of carbonyl (C=O) groups is 1. The maximum Gasteiger partial charge on any atom is 0.252 e. The molecule has 0 saturated heterocycles. The van der Waals surface area contributed by atoms with Crippen LogP contribution in [-0.4, -0.2) is 12.4 Å². The SMILES string of the molecule is COc1cc(C(=O)Cl)cc(Br)c1OCc1cccc(Br)c1. The number of ether oxygens (including phenoxy) is 2. The highest BCUT2D eigenvalue weighted by atomic mass is 79.9. The summed E-state index contributed by atoms with van der Waals surface area (Å²) in [4.78, 5) is 11.2. The second-order valence-electron chi connectivity index (χ2n) is 4.18. The maximum absolute atomic E-state index is 11.2. The van der Waals surface area contributed by atoms with Gasteiger partial charge in [-0.25, -0.2) is 0 Å². The lowest BCUT2D eigenvalue weighted by molar-refractivity contribution is 0.108. The first-order chi connectivity index (χ1) is 10.0. The van der Waals surface area contributed by atoms with Crippen LogP contribution in [0.1, 0.15) is 15.9 Å². The van der Waals surface area contributed by atoms with Gasteiger partial charge in [0, 0.05) is 10.0 Å². The predicted octanol–water partition coefficient (Wildman–Crippen LogP) is 5.18. The fraction of sp³-hybridized carbons (Fsp3) is 0.133. The van der Waals surface area contributed by atoms with Gasteiger partial charge in [0.1, 0.15) is 6.61 Å². The fourth-order valence-corrected chi connectivity index (χ4v) is 2.87. The average molecular weight is 435 g/mol. The van der Waals surface area contributed by atoms with Crippen LogP contribution in [0.15, 0.2) is 45.3 Å². The van der Waals surface area contributed by atoms with E-state index in [0.29, 0.717) is 28.1 Å². The van der Waals surface area contributed by atoms with Crippen LogP contribution in [0.4, 0.5) is 0 Å². The largest absolute Gasteiger partial charge is 0.493 e. The standard InChI is InChI=1S/C15H11Br2ClO3/c1-20-13-7-10(15(18)19)6-12(17)14(13)21-8-9-3-2-4-11(16)5-9/h2-7H,8H2,1H3. The summed E-state index contributed by atoms with van der Waals surface area (Å²) >= 11 is 12.3. The zero-order valence-electron chi connectivity index (χ0n) is 11.0. The van der Waals surface area contributed by atoms with Crippen molar-refractivity contribution in [2.24, 2.45) is 0 Å². The molecule has 2 aromatic carbocycles. The topological polar surface area (TPSA) is 35.5 Å². The summed E-state index contributed by atoms with van der Waals surface area (Å²) in [7, 11) is 1.51. The molecule has 6 heteroatoms. The van der Waals surface area contributed by atoms with Crippen molar-refractivity contribution in [1.29, 1.82) is 0 Å². The smallest absolute Gasteiger partial charge is 0.252 e. The Morgan fingerprint density at radius 1 is 1.24 bits per heavy atom. The van der Waals surface area contributed by atoms with E-state index in [1.807, 2.05) is 24.3 Å².